The predicted octanol–water partition coefficient (Wildman–Crippen LogP) is 27.5. The smallest absolute Gasteiger partial charge is 0.338 e. The SMILES string of the molecule is C=C(C)C(=O)Oc1ccc([S+]2CCCC2)c2ccccc12.C=C(C)C(=O)Oc1ccc([S+]2CCCCC2)c2ccccc12.Fc1ccc(-[s+]2c3ccccc3c3ccccc32)cc1.O=C(Oc1ccc([S+]2CCCC2)c2ccccc12)C1c2ccccc2-c2ccccc21.O=C(Oc1ccc([S+]2CCCCC2)c2ccccc12)C1c2ccccc2-c2ccccc21. The third kappa shape index (κ3) is 17.9. The molecule has 0 spiro atoms. The first-order valence-corrected chi connectivity index (χ1v) is 51.3. The first-order valence-electron chi connectivity index (χ1n) is 43.8. The molecule has 22 rings (SSSR count). The highest BCUT2D eigenvalue weighted by Gasteiger charge is 2.39. The Morgan fingerprint density at radius 2 is 0.508 bits per heavy atom. The summed E-state index contributed by atoms with van der Waals surface area (Å²) in [4.78, 5) is 57.5. The van der Waals surface area contributed by atoms with Crippen molar-refractivity contribution in [3.05, 3.63) is 368 Å². The highest BCUT2D eigenvalue weighted by Crippen LogP contribution is 2.51. The van der Waals surface area contributed by atoms with Gasteiger partial charge in [-0.3, -0.25) is 9.59 Å². The van der Waals surface area contributed by atoms with Gasteiger partial charge in [0.2, 0.25) is 0 Å². The number of esters is 4. The van der Waals surface area contributed by atoms with Crippen molar-refractivity contribution in [2.75, 3.05) is 46.0 Å². The maximum atomic E-state index is 13.5. The lowest BCUT2D eigenvalue weighted by Gasteiger charge is -2.17. The van der Waals surface area contributed by atoms with Crippen molar-refractivity contribution >= 4 is 141 Å². The molecule has 4 aliphatic heterocycles. The van der Waals surface area contributed by atoms with Crippen LogP contribution in [-0.2, 0) is 62.8 Å². The molecule has 0 unspecified atom stereocenters. The van der Waals surface area contributed by atoms with Crippen LogP contribution in [-0.4, -0.2) is 69.9 Å². The number of carbonyl (C=O) groups excluding carboxylic acids is 4. The van der Waals surface area contributed by atoms with Crippen molar-refractivity contribution in [3.8, 4) is 50.1 Å². The van der Waals surface area contributed by atoms with E-state index in [0.717, 1.165) is 66.1 Å². The normalized spacial score (nSPS) is 15.0. The summed E-state index contributed by atoms with van der Waals surface area (Å²) < 4.78 is 39.0. The Kier molecular flexibility index (Phi) is 26.3. The van der Waals surface area contributed by atoms with Gasteiger partial charge in [0.1, 0.15) is 86.7 Å². The average Bonchev–Trinajstić information content (AvgIpc) is 1.60. The Morgan fingerprint density at radius 3 is 0.794 bits per heavy atom. The summed E-state index contributed by atoms with van der Waals surface area (Å²) in [5, 5.41) is 11.6. The van der Waals surface area contributed by atoms with E-state index in [2.05, 4.69) is 171 Å². The number of hydrogen-bond acceptors (Lipinski definition) is 8. The molecular formula is C112H100FO8S5+5. The van der Waals surface area contributed by atoms with E-state index in [-0.39, 0.29) is 52.0 Å². The van der Waals surface area contributed by atoms with E-state index in [4.69, 9.17) is 18.9 Å². The number of hydrogen-bond donors (Lipinski definition) is 0. The van der Waals surface area contributed by atoms with Gasteiger partial charge in [0.15, 0.2) is 33.9 Å². The van der Waals surface area contributed by atoms with Crippen molar-refractivity contribution in [3.63, 3.8) is 0 Å². The molecule has 15 aromatic carbocycles. The van der Waals surface area contributed by atoms with Crippen molar-refractivity contribution in [1.29, 1.82) is 0 Å². The second kappa shape index (κ2) is 39.0. The first-order chi connectivity index (χ1) is 61.8. The maximum absolute atomic E-state index is 13.5. The zero-order valence-electron chi connectivity index (χ0n) is 71.0. The number of benzene rings is 15. The lowest BCUT2D eigenvalue weighted by Crippen LogP contribution is -2.19. The van der Waals surface area contributed by atoms with Gasteiger partial charge in [0, 0.05) is 131 Å². The number of halogens is 1. The Hall–Kier alpha value is -11.8. The molecule has 5 heterocycles. The fourth-order valence-electron chi connectivity index (χ4n) is 18.4. The van der Waals surface area contributed by atoms with Gasteiger partial charge in [-0.25, -0.2) is 14.0 Å². The lowest BCUT2D eigenvalue weighted by molar-refractivity contribution is -0.135. The van der Waals surface area contributed by atoms with E-state index in [1.165, 1.54) is 176 Å². The first kappa shape index (κ1) is 85.1. The topological polar surface area (TPSA) is 105 Å². The number of carbonyl (C=O) groups is 4. The second-order valence-electron chi connectivity index (χ2n) is 32.7. The Bertz CT molecular complexity index is 6660. The zero-order chi connectivity index (χ0) is 86.2. The average molecular weight is 1750 g/mol. The van der Waals surface area contributed by atoms with Crippen LogP contribution >= 0.6 is 10.5 Å². The molecule has 0 amide bonds. The molecule has 6 aliphatic rings. The Labute approximate surface area is 751 Å². The summed E-state index contributed by atoms with van der Waals surface area (Å²) in [7, 11) is 1.17. The van der Waals surface area contributed by atoms with Crippen LogP contribution in [0.3, 0.4) is 0 Å². The lowest BCUT2D eigenvalue weighted by atomic mass is 9.97. The Morgan fingerprint density at radius 1 is 0.270 bits per heavy atom. The molecule has 16 aromatic rings. The summed E-state index contributed by atoms with van der Waals surface area (Å²) in [6.07, 6.45) is 13.3. The van der Waals surface area contributed by atoms with Crippen molar-refractivity contribution in [1.82, 2.24) is 0 Å². The van der Waals surface area contributed by atoms with Crippen LogP contribution in [0.15, 0.2) is 359 Å². The van der Waals surface area contributed by atoms with Crippen LogP contribution in [0.25, 0.3) is 90.4 Å². The van der Waals surface area contributed by atoms with Crippen molar-refractivity contribution < 1.29 is 42.5 Å². The molecule has 8 nitrogen and oxygen atoms in total. The van der Waals surface area contributed by atoms with Gasteiger partial charge in [-0.1, -0.05) is 207 Å². The van der Waals surface area contributed by atoms with Crippen LogP contribution in [0.2, 0.25) is 0 Å². The summed E-state index contributed by atoms with van der Waals surface area (Å²) in [6, 6.07) is 106. The molecule has 14 heteroatoms. The van der Waals surface area contributed by atoms with Gasteiger partial charge in [0.25, 0.3) is 0 Å². The van der Waals surface area contributed by atoms with Gasteiger partial charge in [-0.05, 0) is 232 Å². The van der Waals surface area contributed by atoms with Crippen molar-refractivity contribution in [2.45, 2.75) is 109 Å². The van der Waals surface area contributed by atoms with Crippen molar-refractivity contribution in [2.24, 2.45) is 0 Å². The highest BCUT2D eigenvalue weighted by atomic mass is 32.2. The third-order valence-corrected chi connectivity index (χ3v) is 37.0. The molecule has 2 aliphatic carbocycles. The maximum Gasteiger partial charge on any atom is 0.338 e. The molecule has 0 N–H and O–H groups in total. The molecule has 4 saturated heterocycles. The van der Waals surface area contributed by atoms with Gasteiger partial charge in [-0.2, -0.15) is 0 Å². The van der Waals surface area contributed by atoms with E-state index in [9.17, 15) is 23.6 Å². The molecule has 0 saturated carbocycles. The quantitative estimate of drug-likeness (QED) is 0.0486. The predicted molar refractivity (Wildman–Crippen MR) is 528 cm³/mol. The van der Waals surface area contributed by atoms with Crippen LogP contribution in [0.5, 0.6) is 23.0 Å². The minimum absolute atomic E-state index is 0.115. The van der Waals surface area contributed by atoms with Gasteiger partial charge < -0.3 is 18.9 Å². The molecule has 0 atom stereocenters. The number of thiophene rings is 1. The molecule has 0 radical (unpaired) electrons. The summed E-state index contributed by atoms with van der Waals surface area (Å²) in [6.45, 7) is 10.6. The van der Waals surface area contributed by atoms with Crippen LogP contribution in [0.1, 0.15) is 112 Å². The fourth-order valence-corrected chi connectivity index (χ4v) is 30.8. The molecule has 1 aromatic heterocycles. The van der Waals surface area contributed by atoms with E-state index in [1.807, 2.05) is 146 Å². The van der Waals surface area contributed by atoms with Crippen LogP contribution < -0.4 is 18.9 Å². The highest BCUT2D eigenvalue weighted by molar-refractivity contribution is 7.98. The molecule has 126 heavy (non-hydrogen) atoms. The molecule has 628 valence electrons. The standard InChI is InChI=1S/C29H25O2S.C28H23O2S.C19H21O2S.C18H12FS.C18H19O2S/c30-29(28-24-14-6-2-10-20(24)21-11-3-7-15-25(21)28)31-26-16-17-27(32-18-8-1-9-19-32)23-13-5-4-12-22(23)26;29-28(27-23-13-5-1-9-19(23)20-10-2-6-14-24(20)27)30-25-15-16-26(31-17-7-8-18-31)22-12-4-3-11-21(22)25;1-14(2)19(20)21-17-10-11-18(22-12-6-3-7-13-22)16-9-5-4-8-15(16)17;19-13-9-11-14(12-10-13)20-17-7-3-1-5-15(17)16-6-2-4-8-18(16)20;1-13(2)18(19)20-16-9-10-17(21-11-5-6-12-21)15-8-4-3-7-14(15)16/h2-7,10-17,28H,1,8-9,18-19H2;1-6,9-16,27H,7-8,17-18H2;4-5,8-11H,1,3,6-7,12-13H2,2H3;1-12H;3-4,7-10H,1,5-6,11-12H2,2H3/q5*+1. The minimum atomic E-state index is -0.388. The van der Waals surface area contributed by atoms with Gasteiger partial charge in [0.05, 0.1) is 0 Å². The minimum Gasteiger partial charge on any atom is -0.425 e. The third-order valence-electron chi connectivity index (χ3n) is 24.5. The van der Waals surface area contributed by atoms with E-state index < -0.39 is 0 Å². The van der Waals surface area contributed by atoms with Gasteiger partial charge in [-0.15, -0.1) is 0 Å². The van der Waals surface area contributed by atoms with E-state index in [0.29, 0.717) is 77.7 Å². The number of rotatable bonds is 13. The molecule has 0 bridgehead atoms. The largest absolute Gasteiger partial charge is 0.425 e. The molecular weight excluding hydrogens is 1650 g/mol. The summed E-state index contributed by atoms with van der Waals surface area (Å²) in [5.74, 6) is 10.7. The summed E-state index contributed by atoms with van der Waals surface area (Å²) in [5.41, 5.74) is 9.47. The number of fused-ring (bicyclic) bond motifs is 13. The van der Waals surface area contributed by atoms with E-state index in [1.54, 1.807) is 26.0 Å². The monoisotopic (exact) mass is 1750 g/mol. The fraction of sp³-hybridized carbons (Fsp3) is 0.196. The van der Waals surface area contributed by atoms with Crippen LogP contribution in [0.4, 0.5) is 4.39 Å². The number of ether oxygens (including phenoxy) is 4. The Balaban J connectivity index is 0.000000108. The van der Waals surface area contributed by atoms with Gasteiger partial charge >= 0.3 is 23.9 Å². The second-order valence-corrected chi connectivity index (χ2v) is 43.6. The zero-order valence-corrected chi connectivity index (χ0v) is 75.1. The summed E-state index contributed by atoms with van der Waals surface area (Å²) >= 11 is 0. The van der Waals surface area contributed by atoms with Crippen LogP contribution in [0, 0.1) is 5.82 Å². The van der Waals surface area contributed by atoms with E-state index >= 15 is 0 Å². The molecule has 4 fully saturated rings.